The Morgan fingerprint density at radius 2 is 1.91 bits per heavy atom. The van der Waals surface area contributed by atoms with Gasteiger partial charge in [0.1, 0.15) is 5.76 Å². The highest BCUT2D eigenvalue weighted by molar-refractivity contribution is 7.80. The van der Waals surface area contributed by atoms with E-state index in [1.165, 1.54) is 17.0 Å². The second-order valence-electron chi connectivity index (χ2n) is 7.96. The third-order valence-electron chi connectivity index (χ3n) is 6.03. The minimum atomic E-state index is -0.0862. The number of halogens is 1. The molecule has 0 saturated carbocycles. The van der Waals surface area contributed by atoms with Crippen LogP contribution in [0, 0.1) is 13.8 Å². The molecule has 162 valence electrons. The summed E-state index contributed by atoms with van der Waals surface area (Å²) in [6.45, 7) is 4.97. The molecule has 3 aromatic heterocycles. The number of nitrogens with one attached hydrogen (secondary N) is 1. The number of aromatic nitrogens is 2. The molecule has 1 aromatic carbocycles. The van der Waals surface area contributed by atoms with Crippen LogP contribution in [0.3, 0.4) is 0 Å². The Labute approximate surface area is 197 Å². The van der Waals surface area contributed by atoms with Crippen LogP contribution < -0.4 is 10.2 Å². The highest BCUT2D eigenvalue weighted by Crippen LogP contribution is 2.43. The van der Waals surface area contributed by atoms with Crippen molar-refractivity contribution in [3.05, 3.63) is 107 Å². The number of hydrogen-bond acceptors (Lipinski definition) is 3. The van der Waals surface area contributed by atoms with Crippen molar-refractivity contribution >= 4 is 34.6 Å². The molecule has 32 heavy (non-hydrogen) atoms. The first-order chi connectivity index (χ1) is 15.5. The van der Waals surface area contributed by atoms with E-state index < -0.39 is 0 Å². The van der Waals surface area contributed by atoms with Crippen LogP contribution >= 0.6 is 23.8 Å². The summed E-state index contributed by atoms with van der Waals surface area (Å²) in [6, 6.07) is 19.8. The van der Waals surface area contributed by atoms with Gasteiger partial charge in [0.15, 0.2) is 5.11 Å². The lowest BCUT2D eigenvalue weighted by atomic mass is 9.96. The van der Waals surface area contributed by atoms with Gasteiger partial charge in [-0.15, -0.1) is 0 Å². The van der Waals surface area contributed by atoms with Crippen molar-refractivity contribution in [2.75, 3.05) is 4.90 Å². The van der Waals surface area contributed by atoms with Crippen molar-refractivity contribution < 1.29 is 4.42 Å². The largest absolute Gasteiger partial charge is 0.467 e. The predicted molar refractivity (Wildman–Crippen MR) is 131 cm³/mol. The number of benzene rings is 1. The third kappa shape index (κ3) is 3.70. The SMILES string of the molecule is Cc1cc([C@@H]2[C@@H](c3ccccn3)NC(=S)N2c2ccc(Cl)cc2)c(C)n1Cc1ccco1. The Morgan fingerprint density at radius 3 is 2.59 bits per heavy atom. The quantitative estimate of drug-likeness (QED) is 0.370. The molecule has 4 aromatic rings. The Bertz CT molecular complexity index is 1240. The van der Waals surface area contributed by atoms with E-state index in [2.05, 4.69) is 39.7 Å². The van der Waals surface area contributed by atoms with Gasteiger partial charge in [0.2, 0.25) is 0 Å². The lowest BCUT2D eigenvalue weighted by Gasteiger charge is -2.28. The fraction of sp³-hybridized carbons (Fsp3) is 0.200. The van der Waals surface area contributed by atoms with E-state index in [1.54, 1.807) is 6.26 Å². The molecule has 1 aliphatic heterocycles. The van der Waals surface area contributed by atoms with Crippen LogP contribution in [0.25, 0.3) is 0 Å². The summed E-state index contributed by atoms with van der Waals surface area (Å²) in [5, 5.41) is 4.88. The second-order valence-corrected chi connectivity index (χ2v) is 8.79. The van der Waals surface area contributed by atoms with Gasteiger partial charge in [-0.1, -0.05) is 17.7 Å². The molecule has 1 saturated heterocycles. The topological polar surface area (TPSA) is 46.2 Å². The van der Waals surface area contributed by atoms with E-state index in [4.69, 9.17) is 28.2 Å². The first kappa shape index (κ1) is 20.8. The van der Waals surface area contributed by atoms with Gasteiger partial charge in [-0.2, -0.15) is 0 Å². The third-order valence-corrected chi connectivity index (χ3v) is 6.59. The van der Waals surface area contributed by atoms with E-state index in [-0.39, 0.29) is 12.1 Å². The van der Waals surface area contributed by atoms with Crippen LogP contribution in [-0.4, -0.2) is 14.7 Å². The average molecular weight is 463 g/mol. The Balaban J connectivity index is 1.62. The van der Waals surface area contributed by atoms with Crippen molar-refractivity contribution in [1.29, 1.82) is 0 Å². The molecule has 1 aliphatic rings. The Hall–Kier alpha value is -3.09. The molecule has 0 unspecified atom stereocenters. The van der Waals surface area contributed by atoms with Gasteiger partial charge < -0.3 is 19.2 Å². The summed E-state index contributed by atoms with van der Waals surface area (Å²) in [4.78, 5) is 6.81. The molecule has 5 rings (SSSR count). The minimum absolute atomic E-state index is 0.0601. The molecule has 5 nitrogen and oxygen atoms in total. The monoisotopic (exact) mass is 462 g/mol. The van der Waals surface area contributed by atoms with Gasteiger partial charge in [-0.25, -0.2) is 0 Å². The van der Waals surface area contributed by atoms with E-state index in [0.29, 0.717) is 16.7 Å². The van der Waals surface area contributed by atoms with Crippen molar-refractivity contribution in [3.63, 3.8) is 0 Å². The van der Waals surface area contributed by atoms with Crippen LogP contribution in [0.1, 0.15) is 40.5 Å². The van der Waals surface area contributed by atoms with Gasteiger partial charge in [0.25, 0.3) is 0 Å². The number of thiocarbonyl (C=S) groups is 1. The average Bonchev–Trinajstić information content (AvgIpc) is 3.50. The maximum absolute atomic E-state index is 6.16. The number of anilines is 1. The number of hydrogen-bond donors (Lipinski definition) is 1. The molecule has 4 heterocycles. The summed E-state index contributed by atoms with van der Waals surface area (Å²) in [6.07, 6.45) is 3.53. The molecule has 0 bridgehead atoms. The molecular weight excluding hydrogens is 440 g/mol. The number of aryl methyl sites for hydroxylation is 1. The number of pyridine rings is 1. The van der Waals surface area contributed by atoms with Crippen LogP contribution in [0.15, 0.2) is 77.5 Å². The number of furan rings is 1. The molecule has 2 atom stereocenters. The van der Waals surface area contributed by atoms with Crippen molar-refractivity contribution in [3.8, 4) is 0 Å². The van der Waals surface area contributed by atoms with Crippen molar-refractivity contribution in [2.24, 2.45) is 0 Å². The molecule has 7 heteroatoms. The Morgan fingerprint density at radius 1 is 1.09 bits per heavy atom. The van der Waals surface area contributed by atoms with E-state index in [1.807, 2.05) is 60.8 Å². The lowest BCUT2D eigenvalue weighted by Crippen LogP contribution is -2.29. The summed E-state index contributed by atoms with van der Waals surface area (Å²) < 4.78 is 7.89. The van der Waals surface area contributed by atoms with E-state index in [9.17, 15) is 0 Å². The standard InChI is InChI=1S/C25H23ClN4OS/c1-16-14-21(17(2)29(16)15-20-6-5-13-31-20)24-23(22-7-3-4-12-27-22)28-25(32)30(24)19-10-8-18(26)9-11-19/h3-14,23-24H,15H2,1-2H3,(H,28,32)/t23-,24-/m1/s1. The van der Waals surface area contributed by atoms with E-state index >= 15 is 0 Å². The zero-order valence-electron chi connectivity index (χ0n) is 17.8. The van der Waals surface area contributed by atoms with Crippen LogP contribution in [0.5, 0.6) is 0 Å². The summed E-state index contributed by atoms with van der Waals surface area (Å²) >= 11 is 12.0. The van der Waals surface area contributed by atoms with Gasteiger partial charge in [0.05, 0.1) is 30.6 Å². The van der Waals surface area contributed by atoms with Crippen molar-refractivity contribution in [2.45, 2.75) is 32.5 Å². The van der Waals surface area contributed by atoms with Gasteiger partial charge in [-0.3, -0.25) is 4.98 Å². The Kier molecular flexibility index (Phi) is 5.49. The molecule has 0 radical (unpaired) electrons. The lowest BCUT2D eigenvalue weighted by molar-refractivity contribution is 0.488. The summed E-state index contributed by atoms with van der Waals surface area (Å²) in [7, 11) is 0. The fourth-order valence-corrected chi connectivity index (χ4v) is 4.95. The number of nitrogens with zero attached hydrogens (tertiary/aromatic N) is 3. The molecule has 1 fully saturated rings. The molecule has 1 N–H and O–H groups in total. The normalized spacial score (nSPS) is 18.2. The molecule has 0 spiro atoms. The predicted octanol–water partition coefficient (Wildman–Crippen LogP) is 5.97. The highest BCUT2D eigenvalue weighted by atomic mass is 35.5. The summed E-state index contributed by atoms with van der Waals surface area (Å²) in [5.74, 6) is 0.925. The first-order valence-electron chi connectivity index (χ1n) is 10.5. The maximum atomic E-state index is 6.16. The van der Waals surface area contributed by atoms with Crippen molar-refractivity contribution in [1.82, 2.24) is 14.9 Å². The summed E-state index contributed by atoms with van der Waals surface area (Å²) in [5.41, 5.74) is 5.49. The van der Waals surface area contributed by atoms with Gasteiger partial charge in [-0.05, 0) is 86.2 Å². The molecule has 0 aliphatic carbocycles. The molecule has 0 amide bonds. The van der Waals surface area contributed by atoms with E-state index in [0.717, 1.165) is 17.1 Å². The zero-order chi connectivity index (χ0) is 22.2. The first-order valence-corrected chi connectivity index (χ1v) is 11.3. The molecular formula is C25H23ClN4OS. The van der Waals surface area contributed by atoms with Gasteiger partial charge >= 0.3 is 0 Å². The second kappa shape index (κ2) is 8.45. The highest BCUT2D eigenvalue weighted by Gasteiger charge is 2.42. The van der Waals surface area contributed by atoms with Crippen LogP contribution in [0.4, 0.5) is 5.69 Å². The minimum Gasteiger partial charge on any atom is -0.467 e. The van der Waals surface area contributed by atoms with Gasteiger partial charge in [0, 0.05) is 28.3 Å². The van der Waals surface area contributed by atoms with Crippen LogP contribution in [0.2, 0.25) is 5.02 Å². The van der Waals surface area contributed by atoms with Crippen LogP contribution in [-0.2, 0) is 6.54 Å². The zero-order valence-corrected chi connectivity index (χ0v) is 19.4. The fourth-order valence-electron chi connectivity index (χ4n) is 4.48. The number of rotatable bonds is 5. The smallest absolute Gasteiger partial charge is 0.174 e. The maximum Gasteiger partial charge on any atom is 0.174 e.